The van der Waals surface area contributed by atoms with Gasteiger partial charge in [0.1, 0.15) is 17.1 Å². The van der Waals surface area contributed by atoms with Crippen molar-refractivity contribution in [1.82, 2.24) is 9.55 Å². The second-order valence-electron chi connectivity index (χ2n) is 3.97. The van der Waals surface area contributed by atoms with Crippen LogP contribution in [0.4, 0.5) is 0 Å². The first-order valence-corrected chi connectivity index (χ1v) is 5.34. The average Bonchev–Trinajstić information content (AvgIpc) is 2.64. The van der Waals surface area contributed by atoms with Gasteiger partial charge >= 0.3 is 11.7 Å². The first kappa shape index (κ1) is 12.1. The lowest BCUT2D eigenvalue weighted by molar-refractivity contribution is 0.0695. The van der Waals surface area contributed by atoms with Crippen LogP contribution in [0.15, 0.2) is 27.5 Å². The van der Waals surface area contributed by atoms with Crippen LogP contribution in [0.3, 0.4) is 0 Å². The fourth-order valence-corrected chi connectivity index (χ4v) is 1.64. The molecule has 18 heavy (non-hydrogen) atoms. The van der Waals surface area contributed by atoms with Crippen LogP contribution in [0.1, 0.15) is 27.6 Å². The number of hydrogen-bond acceptors (Lipinski definition) is 4. The maximum absolute atomic E-state index is 11.6. The Morgan fingerprint density at radius 3 is 2.78 bits per heavy atom. The molecule has 0 bridgehead atoms. The topological polar surface area (TPSA) is 85.3 Å². The lowest BCUT2D eigenvalue weighted by atomic mass is 10.2. The summed E-state index contributed by atoms with van der Waals surface area (Å²) in [4.78, 5) is 26.2. The van der Waals surface area contributed by atoms with Crippen molar-refractivity contribution in [2.45, 2.75) is 20.4 Å². The predicted octanol–water partition coefficient (Wildman–Crippen LogP) is 1.20. The molecule has 94 valence electrons. The molecule has 2 aromatic rings. The third-order valence-electron chi connectivity index (χ3n) is 2.54. The molecule has 0 amide bonds. The summed E-state index contributed by atoms with van der Waals surface area (Å²) in [6.07, 6.45) is 1.60. The van der Waals surface area contributed by atoms with Crippen molar-refractivity contribution in [1.29, 1.82) is 0 Å². The number of hydrogen-bond donors (Lipinski definition) is 1. The Balaban J connectivity index is 2.32. The maximum Gasteiger partial charge on any atom is 0.348 e. The van der Waals surface area contributed by atoms with Crippen molar-refractivity contribution in [2.75, 3.05) is 0 Å². The molecule has 2 heterocycles. The van der Waals surface area contributed by atoms with Crippen LogP contribution in [-0.2, 0) is 6.54 Å². The highest BCUT2D eigenvalue weighted by Gasteiger charge is 2.14. The molecule has 1 N–H and O–H groups in total. The quantitative estimate of drug-likeness (QED) is 0.882. The van der Waals surface area contributed by atoms with Gasteiger partial charge < -0.3 is 9.52 Å². The highest BCUT2D eigenvalue weighted by Crippen LogP contribution is 2.15. The van der Waals surface area contributed by atoms with Gasteiger partial charge in [0.05, 0.1) is 6.54 Å². The molecule has 0 saturated carbocycles. The SMILES string of the molecule is Cc1ccn(Cc2cc(C(=O)O)c(C)o2)c(=O)n1. The Labute approximate surface area is 103 Å². The average molecular weight is 248 g/mol. The van der Waals surface area contributed by atoms with Crippen LogP contribution in [0, 0.1) is 13.8 Å². The van der Waals surface area contributed by atoms with E-state index in [1.54, 1.807) is 26.1 Å². The zero-order valence-electron chi connectivity index (χ0n) is 10.0. The molecule has 0 atom stereocenters. The molecule has 6 heteroatoms. The minimum absolute atomic E-state index is 0.109. The van der Waals surface area contributed by atoms with Gasteiger partial charge in [0.15, 0.2) is 0 Å². The van der Waals surface area contributed by atoms with Gasteiger partial charge in [-0.2, -0.15) is 4.98 Å². The van der Waals surface area contributed by atoms with E-state index in [1.807, 2.05) is 0 Å². The summed E-state index contributed by atoms with van der Waals surface area (Å²) < 4.78 is 6.65. The molecular weight excluding hydrogens is 236 g/mol. The summed E-state index contributed by atoms with van der Waals surface area (Å²) >= 11 is 0. The smallest absolute Gasteiger partial charge is 0.348 e. The summed E-state index contributed by atoms with van der Waals surface area (Å²) in [7, 11) is 0. The number of aromatic nitrogens is 2. The monoisotopic (exact) mass is 248 g/mol. The normalized spacial score (nSPS) is 10.6. The first-order chi connectivity index (χ1) is 8.47. The van der Waals surface area contributed by atoms with Crippen LogP contribution < -0.4 is 5.69 Å². The Kier molecular flexibility index (Phi) is 3.01. The van der Waals surface area contributed by atoms with Gasteiger partial charge in [-0.1, -0.05) is 0 Å². The lowest BCUT2D eigenvalue weighted by Crippen LogP contribution is -2.23. The van der Waals surface area contributed by atoms with Crippen molar-refractivity contribution in [3.05, 3.63) is 51.6 Å². The van der Waals surface area contributed by atoms with Gasteiger partial charge in [-0.3, -0.25) is 4.57 Å². The van der Waals surface area contributed by atoms with E-state index in [2.05, 4.69) is 4.98 Å². The van der Waals surface area contributed by atoms with Crippen LogP contribution in [-0.4, -0.2) is 20.6 Å². The van der Waals surface area contributed by atoms with Gasteiger partial charge in [0.25, 0.3) is 0 Å². The van der Waals surface area contributed by atoms with E-state index in [0.29, 0.717) is 17.2 Å². The van der Waals surface area contributed by atoms with Crippen LogP contribution >= 0.6 is 0 Å². The molecule has 2 rings (SSSR count). The number of rotatable bonds is 3. The van der Waals surface area contributed by atoms with Crippen molar-refractivity contribution in [2.24, 2.45) is 0 Å². The van der Waals surface area contributed by atoms with E-state index in [1.165, 1.54) is 10.6 Å². The molecule has 0 unspecified atom stereocenters. The van der Waals surface area contributed by atoms with Gasteiger partial charge in [-0.15, -0.1) is 0 Å². The molecule has 0 spiro atoms. The standard InChI is InChI=1S/C12H12N2O4/c1-7-3-4-14(12(17)13-7)6-9-5-10(11(15)16)8(2)18-9/h3-5H,6H2,1-2H3,(H,15,16). The van der Waals surface area contributed by atoms with Crippen molar-refractivity contribution >= 4 is 5.97 Å². The van der Waals surface area contributed by atoms with E-state index < -0.39 is 5.97 Å². The number of carbonyl (C=O) groups is 1. The molecule has 0 aliphatic carbocycles. The fraction of sp³-hybridized carbons (Fsp3) is 0.250. The third-order valence-corrected chi connectivity index (χ3v) is 2.54. The molecule has 0 aromatic carbocycles. The summed E-state index contributed by atoms with van der Waals surface area (Å²) in [5.41, 5.74) is 0.358. The molecule has 6 nitrogen and oxygen atoms in total. The number of aryl methyl sites for hydroxylation is 2. The van der Waals surface area contributed by atoms with Gasteiger partial charge in [0.2, 0.25) is 0 Å². The zero-order valence-corrected chi connectivity index (χ0v) is 10.0. The minimum Gasteiger partial charge on any atom is -0.478 e. The van der Waals surface area contributed by atoms with E-state index in [-0.39, 0.29) is 17.8 Å². The Hall–Kier alpha value is -2.37. The van der Waals surface area contributed by atoms with Crippen molar-refractivity contribution < 1.29 is 14.3 Å². The van der Waals surface area contributed by atoms with Crippen molar-refractivity contribution in [3.63, 3.8) is 0 Å². The van der Waals surface area contributed by atoms with Gasteiger partial charge in [-0.05, 0) is 26.0 Å². The summed E-state index contributed by atoms with van der Waals surface area (Å²) in [6.45, 7) is 3.47. The molecule has 0 aliphatic rings. The lowest BCUT2D eigenvalue weighted by Gasteiger charge is -2.01. The van der Waals surface area contributed by atoms with Crippen LogP contribution in [0.5, 0.6) is 0 Å². The van der Waals surface area contributed by atoms with E-state index >= 15 is 0 Å². The first-order valence-electron chi connectivity index (χ1n) is 5.34. The molecule has 2 aromatic heterocycles. The second-order valence-corrected chi connectivity index (χ2v) is 3.97. The largest absolute Gasteiger partial charge is 0.478 e. The summed E-state index contributed by atoms with van der Waals surface area (Å²) in [5, 5.41) is 8.90. The maximum atomic E-state index is 11.6. The van der Waals surface area contributed by atoms with E-state index in [9.17, 15) is 9.59 Å². The van der Waals surface area contributed by atoms with Gasteiger partial charge in [0, 0.05) is 11.9 Å². The summed E-state index contributed by atoms with van der Waals surface area (Å²) in [5.74, 6) is -0.305. The molecule has 0 radical (unpaired) electrons. The molecule has 0 aliphatic heterocycles. The Morgan fingerprint density at radius 1 is 1.50 bits per heavy atom. The van der Waals surface area contributed by atoms with Crippen LogP contribution in [0.2, 0.25) is 0 Å². The molecule has 0 fully saturated rings. The minimum atomic E-state index is -1.04. The fourth-order valence-electron chi connectivity index (χ4n) is 1.64. The van der Waals surface area contributed by atoms with Crippen LogP contribution in [0.25, 0.3) is 0 Å². The third kappa shape index (κ3) is 2.32. The number of carboxylic acids is 1. The number of carboxylic acid groups (broad SMARTS) is 1. The predicted molar refractivity (Wildman–Crippen MR) is 62.7 cm³/mol. The second kappa shape index (κ2) is 4.48. The van der Waals surface area contributed by atoms with Crippen molar-refractivity contribution in [3.8, 4) is 0 Å². The molecule has 0 saturated heterocycles. The van der Waals surface area contributed by atoms with Gasteiger partial charge in [-0.25, -0.2) is 9.59 Å². The van der Waals surface area contributed by atoms with E-state index in [0.717, 1.165) is 0 Å². The van der Waals surface area contributed by atoms with E-state index in [4.69, 9.17) is 9.52 Å². The molecular formula is C12H12N2O4. The highest BCUT2D eigenvalue weighted by molar-refractivity contribution is 5.88. The summed E-state index contributed by atoms with van der Waals surface area (Å²) in [6, 6.07) is 3.12. The zero-order chi connectivity index (χ0) is 13.3. The Morgan fingerprint density at radius 2 is 2.22 bits per heavy atom. The number of nitrogens with zero attached hydrogens (tertiary/aromatic N) is 2. The Bertz CT molecular complexity index is 654. The highest BCUT2D eigenvalue weighted by atomic mass is 16.4. The number of furan rings is 1. The number of aromatic carboxylic acids is 1.